The maximum atomic E-state index is 13.3. The second-order valence-corrected chi connectivity index (χ2v) is 3.46. The first-order valence-corrected chi connectivity index (χ1v) is 5.05. The van der Waals surface area contributed by atoms with Crippen molar-refractivity contribution in [2.75, 3.05) is 13.2 Å². The fraction of sp³-hybridized carbons (Fsp3) is 0.364. The maximum Gasteiger partial charge on any atom is 0.162 e. The van der Waals surface area contributed by atoms with Gasteiger partial charge in [-0.15, -0.1) is 0 Å². The van der Waals surface area contributed by atoms with Crippen LogP contribution in [0.5, 0.6) is 0 Å². The highest BCUT2D eigenvalue weighted by atomic mass is 35.5. The van der Waals surface area contributed by atoms with Gasteiger partial charge in [0.2, 0.25) is 0 Å². The summed E-state index contributed by atoms with van der Waals surface area (Å²) >= 11 is 5.77. The molecule has 0 unspecified atom stereocenters. The largest absolute Gasteiger partial charge is 0.374 e. The average Bonchev–Trinajstić information content (AvgIpc) is 2.21. The Morgan fingerprint density at radius 2 is 2.27 bits per heavy atom. The van der Waals surface area contributed by atoms with Crippen LogP contribution in [-0.4, -0.2) is 19.0 Å². The SMILES string of the molecule is CCOCC(=O)Cc1c(F)cccc1Cl. The lowest BCUT2D eigenvalue weighted by Gasteiger charge is -2.05. The lowest BCUT2D eigenvalue weighted by Crippen LogP contribution is -2.12. The number of rotatable bonds is 5. The molecule has 0 bridgehead atoms. The molecule has 2 nitrogen and oxygen atoms in total. The molecule has 0 fully saturated rings. The molecule has 0 saturated carbocycles. The fourth-order valence-electron chi connectivity index (χ4n) is 1.17. The van der Waals surface area contributed by atoms with Crippen molar-refractivity contribution in [1.29, 1.82) is 0 Å². The van der Waals surface area contributed by atoms with Crippen molar-refractivity contribution in [3.63, 3.8) is 0 Å². The van der Waals surface area contributed by atoms with Crippen molar-refractivity contribution in [2.24, 2.45) is 0 Å². The van der Waals surface area contributed by atoms with Crippen molar-refractivity contribution in [1.82, 2.24) is 0 Å². The minimum atomic E-state index is -0.452. The molecular formula is C11H12ClFO2. The van der Waals surface area contributed by atoms with E-state index in [-0.39, 0.29) is 29.4 Å². The lowest BCUT2D eigenvalue weighted by molar-refractivity contribution is -0.122. The molecule has 0 spiro atoms. The second kappa shape index (κ2) is 5.83. The molecule has 0 saturated heterocycles. The standard InChI is InChI=1S/C11H12ClFO2/c1-2-15-7-8(14)6-9-10(12)4-3-5-11(9)13/h3-5H,2,6-7H2,1H3. The molecule has 82 valence electrons. The third-order valence-corrected chi connectivity index (χ3v) is 2.26. The average molecular weight is 231 g/mol. The monoisotopic (exact) mass is 230 g/mol. The zero-order valence-corrected chi connectivity index (χ0v) is 9.18. The van der Waals surface area contributed by atoms with Gasteiger partial charge in [-0.1, -0.05) is 17.7 Å². The van der Waals surface area contributed by atoms with Gasteiger partial charge in [0.1, 0.15) is 12.4 Å². The molecule has 1 rings (SSSR count). The zero-order chi connectivity index (χ0) is 11.3. The number of ether oxygens (including phenoxy) is 1. The Morgan fingerprint density at radius 1 is 1.53 bits per heavy atom. The highest BCUT2D eigenvalue weighted by molar-refractivity contribution is 6.31. The molecule has 0 radical (unpaired) electrons. The Kier molecular flexibility index (Phi) is 4.72. The van der Waals surface area contributed by atoms with Crippen LogP contribution in [0.15, 0.2) is 18.2 Å². The van der Waals surface area contributed by atoms with Crippen LogP contribution in [0.1, 0.15) is 12.5 Å². The molecule has 15 heavy (non-hydrogen) atoms. The quantitative estimate of drug-likeness (QED) is 0.777. The van der Waals surface area contributed by atoms with E-state index in [4.69, 9.17) is 16.3 Å². The molecule has 0 aliphatic carbocycles. The van der Waals surface area contributed by atoms with Gasteiger partial charge in [-0.25, -0.2) is 4.39 Å². The number of hydrogen-bond acceptors (Lipinski definition) is 2. The third kappa shape index (κ3) is 3.61. The molecule has 0 N–H and O–H groups in total. The van der Waals surface area contributed by atoms with Crippen LogP contribution in [0.2, 0.25) is 5.02 Å². The van der Waals surface area contributed by atoms with Gasteiger partial charge >= 0.3 is 0 Å². The van der Waals surface area contributed by atoms with Gasteiger partial charge in [-0.05, 0) is 19.1 Å². The van der Waals surface area contributed by atoms with Crippen molar-refractivity contribution in [3.05, 3.63) is 34.6 Å². The van der Waals surface area contributed by atoms with Gasteiger partial charge in [0.25, 0.3) is 0 Å². The summed E-state index contributed by atoms with van der Waals surface area (Å²) in [6, 6.07) is 4.36. The summed E-state index contributed by atoms with van der Waals surface area (Å²) in [5, 5.41) is 0.278. The summed E-state index contributed by atoms with van der Waals surface area (Å²) in [6.45, 7) is 2.27. The summed E-state index contributed by atoms with van der Waals surface area (Å²) in [4.78, 5) is 11.3. The summed E-state index contributed by atoms with van der Waals surface area (Å²) < 4.78 is 18.2. The van der Waals surface area contributed by atoms with Crippen LogP contribution < -0.4 is 0 Å². The molecule has 4 heteroatoms. The number of benzene rings is 1. The summed E-state index contributed by atoms with van der Waals surface area (Å²) in [7, 11) is 0. The predicted octanol–water partition coefficient (Wildman–Crippen LogP) is 2.63. The van der Waals surface area contributed by atoms with Crippen LogP contribution in [-0.2, 0) is 16.0 Å². The highest BCUT2D eigenvalue weighted by Gasteiger charge is 2.11. The van der Waals surface area contributed by atoms with Crippen LogP contribution in [0.25, 0.3) is 0 Å². The van der Waals surface area contributed by atoms with E-state index in [1.807, 2.05) is 0 Å². The Hall–Kier alpha value is -0.930. The summed E-state index contributed by atoms with van der Waals surface area (Å²) in [6.07, 6.45) is -0.0223. The van der Waals surface area contributed by atoms with Gasteiger partial charge in [0, 0.05) is 23.6 Å². The summed E-state index contributed by atoms with van der Waals surface area (Å²) in [5.74, 6) is -0.629. The molecule has 0 aromatic heterocycles. The number of carbonyl (C=O) groups excluding carboxylic acids is 1. The fourth-order valence-corrected chi connectivity index (χ4v) is 1.40. The molecule has 1 aromatic carbocycles. The van der Waals surface area contributed by atoms with E-state index in [1.165, 1.54) is 12.1 Å². The smallest absolute Gasteiger partial charge is 0.162 e. The zero-order valence-electron chi connectivity index (χ0n) is 8.43. The third-order valence-electron chi connectivity index (χ3n) is 1.90. The van der Waals surface area contributed by atoms with E-state index in [0.717, 1.165) is 0 Å². The number of ketones is 1. The molecule has 1 aromatic rings. The van der Waals surface area contributed by atoms with Crippen molar-refractivity contribution < 1.29 is 13.9 Å². The minimum absolute atomic E-state index is 0.00115. The van der Waals surface area contributed by atoms with Gasteiger partial charge < -0.3 is 4.74 Å². The van der Waals surface area contributed by atoms with Crippen LogP contribution in [0.3, 0.4) is 0 Å². The van der Waals surface area contributed by atoms with Gasteiger partial charge in [-0.3, -0.25) is 4.79 Å². The second-order valence-electron chi connectivity index (χ2n) is 3.05. The minimum Gasteiger partial charge on any atom is -0.374 e. The first kappa shape index (κ1) is 12.1. The normalized spacial score (nSPS) is 10.3. The molecule has 0 amide bonds. The van der Waals surface area contributed by atoms with E-state index in [2.05, 4.69) is 0 Å². The van der Waals surface area contributed by atoms with Crippen molar-refractivity contribution in [2.45, 2.75) is 13.3 Å². The number of hydrogen-bond donors (Lipinski definition) is 0. The van der Waals surface area contributed by atoms with Crippen molar-refractivity contribution >= 4 is 17.4 Å². The Bertz CT molecular complexity index is 332. The Morgan fingerprint density at radius 3 is 2.87 bits per heavy atom. The van der Waals surface area contributed by atoms with E-state index in [0.29, 0.717) is 6.61 Å². The first-order chi connectivity index (χ1) is 7.15. The first-order valence-electron chi connectivity index (χ1n) is 4.67. The molecule has 0 heterocycles. The Balaban J connectivity index is 2.68. The molecule has 0 atom stereocenters. The van der Waals surface area contributed by atoms with Gasteiger partial charge in [0.15, 0.2) is 5.78 Å². The topological polar surface area (TPSA) is 26.3 Å². The lowest BCUT2D eigenvalue weighted by atomic mass is 10.1. The van der Waals surface area contributed by atoms with E-state index < -0.39 is 5.82 Å². The van der Waals surface area contributed by atoms with E-state index in [9.17, 15) is 9.18 Å². The highest BCUT2D eigenvalue weighted by Crippen LogP contribution is 2.19. The van der Waals surface area contributed by atoms with Gasteiger partial charge in [-0.2, -0.15) is 0 Å². The van der Waals surface area contributed by atoms with Crippen molar-refractivity contribution in [3.8, 4) is 0 Å². The number of Topliss-reactive ketones (excluding diaryl/α,β-unsaturated/α-hetero) is 1. The van der Waals surface area contributed by atoms with Crippen LogP contribution in [0.4, 0.5) is 4.39 Å². The van der Waals surface area contributed by atoms with E-state index in [1.54, 1.807) is 13.0 Å². The predicted molar refractivity (Wildman–Crippen MR) is 56.6 cm³/mol. The van der Waals surface area contributed by atoms with E-state index >= 15 is 0 Å². The number of carbonyl (C=O) groups is 1. The van der Waals surface area contributed by atoms with Crippen LogP contribution >= 0.6 is 11.6 Å². The molecule has 0 aliphatic rings. The summed E-state index contributed by atoms with van der Waals surface area (Å²) in [5.41, 5.74) is 0.240. The molecule has 0 aliphatic heterocycles. The number of halogens is 2. The van der Waals surface area contributed by atoms with Crippen LogP contribution in [0, 0.1) is 5.82 Å². The molecular weight excluding hydrogens is 219 g/mol. The Labute approximate surface area is 93.0 Å². The maximum absolute atomic E-state index is 13.3. The van der Waals surface area contributed by atoms with Gasteiger partial charge in [0.05, 0.1) is 0 Å².